The number of aryl methyl sites for hydroxylation is 1. The normalized spacial score (nSPS) is 23.6. The van der Waals surface area contributed by atoms with Crippen LogP contribution in [-0.4, -0.2) is 45.1 Å². The highest BCUT2D eigenvalue weighted by atomic mass is 32.2. The van der Waals surface area contributed by atoms with Gasteiger partial charge in [-0.05, 0) is 42.3 Å². The van der Waals surface area contributed by atoms with Gasteiger partial charge in [0.15, 0.2) is 9.84 Å². The van der Waals surface area contributed by atoms with E-state index in [0.29, 0.717) is 11.4 Å². The maximum atomic E-state index is 13.4. The third-order valence-electron chi connectivity index (χ3n) is 5.35. The van der Waals surface area contributed by atoms with Gasteiger partial charge in [-0.25, -0.2) is 13.2 Å². The van der Waals surface area contributed by atoms with Gasteiger partial charge in [0.25, 0.3) is 0 Å². The summed E-state index contributed by atoms with van der Waals surface area (Å²) in [5, 5.41) is 0. The number of carbonyl (C=O) groups excluding carboxylic acids is 1. The molecule has 2 saturated heterocycles. The van der Waals surface area contributed by atoms with Crippen molar-refractivity contribution in [1.82, 2.24) is 0 Å². The first kappa shape index (κ1) is 17.9. The lowest BCUT2D eigenvalue weighted by Gasteiger charge is -2.24. The maximum absolute atomic E-state index is 13.4. The molecule has 142 valence electrons. The zero-order valence-electron chi connectivity index (χ0n) is 15.3. The number of sulfone groups is 1. The number of rotatable bonds is 4. The predicted molar refractivity (Wildman–Crippen MR) is 105 cm³/mol. The van der Waals surface area contributed by atoms with Gasteiger partial charge in [0.1, 0.15) is 5.75 Å². The lowest BCUT2D eigenvalue weighted by atomic mass is 10.1. The van der Waals surface area contributed by atoms with Crippen molar-refractivity contribution in [2.75, 3.05) is 28.4 Å². The molecule has 2 aliphatic heterocycles. The van der Waals surface area contributed by atoms with Crippen LogP contribution in [0.5, 0.6) is 5.75 Å². The lowest BCUT2D eigenvalue weighted by Crippen LogP contribution is -2.38. The van der Waals surface area contributed by atoms with Gasteiger partial charge in [-0.3, -0.25) is 9.80 Å². The van der Waals surface area contributed by atoms with Crippen LogP contribution in [0.2, 0.25) is 0 Å². The maximum Gasteiger partial charge on any atom is 0.329 e. The van der Waals surface area contributed by atoms with Crippen molar-refractivity contribution in [2.24, 2.45) is 0 Å². The number of methoxy groups -OCH3 is 1. The number of anilines is 2. The van der Waals surface area contributed by atoms with E-state index in [1.807, 2.05) is 31.2 Å². The summed E-state index contributed by atoms with van der Waals surface area (Å²) in [4.78, 5) is 16.7. The quantitative estimate of drug-likeness (QED) is 0.758. The third kappa shape index (κ3) is 2.96. The van der Waals surface area contributed by atoms with Crippen molar-refractivity contribution in [3.05, 3.63) is 54.1 Å². The number of urea groups is 1. The van der Waals surface area contributed by atoms with Gasteiger partial charge >= 0.3 is 6.03 Å². The average molecular weight is 386 g/mol. The van der Waals surface area contributed by atoms with Crippen LogP contribution in [0.15, 0.2) is 48.5 Å². The first-order valence-electron chi connectivity index (χ1n) is 9.00. The predicted octanol–water partition coefficient (Wildman–Crippen LogP) is 2.87. The Morgan fingerprint density at radius 3 is 2.26 bits per heavy atom. The molecule has 2 atom stereocenters. The van der Waals surface area contributed by atoms with Crippen molar-refractivity contribution in [3.8, 4) is 5.75 Å². The Hall–Kier alpha value is -2.54. The van der Waals surface area contributed by atoms with Crippen molar-refractivity contribution in [1.29, 1.82) is 0 Å². The summed E-state index contributed by atoms with van der Waals surface area (Å²) in [6.07, 6.45) is 0.770. The van der Waals surface area contributed by atoms with E-state index < -0.39 is 9.84 Å². The smallest absolute Gasteiger partial charge is 0.329 e. The number of hydrogen-bond donors (Lipinski definition) is 0. The van der Waals surface area contributed by atoms with Crippen LogP contribution in [0, 0.1) is 0 Å². The largest absolute Gasteiger partial charge is 0.497 e. The molecule has 2 heterocycles. The number of carbonyl (C=O) groups is 1. The van der Waals surface area contributed by atoms with Crippen molar-refractivity contribution >= 4 is 27.2 Å². The minimum absolute atomic E-state index is 0.00584. The van der Waals surface area contributed by atoms with Gasteiger partial charge < -0.3 is 4.74 Å². The second-order valence-corrected chi connectivity index (χ2v) is 9.07. The summed E-state index contributed by atoms with van der Waals surface area (Å²) in [7, 11) is -1.62. The van der Waals surface area contributed by atoms with E-state index >= 15 is 0 Å². The summed E-state index contributed by atoms with van der Waals surface area (Å²) in [5.41, 5.74) is 2.52. The number of nitrogens with zero attached hydrogens (tertiary/aromatic N) is 2. The number of amides is 2. The van der Waals surface area contributed by atoms with Crippen LogP contribution < -0.4 is 14.5 Å². The molecule has 0 saturated carbocycles. The molecule has 7 heteroatoms. The van der Waals surface area contributed by atoms with E-state index in [1.165, 1.54) is 0 Å². The molecule has 2 aliphatic rings. The fourth-order valence-electron chi connectivity index (χ4n) is 4.07. The molecule has 0 aromatic heterocycles. The number of hydrogen-bond acceptors (Lipinski definition) is 4. The Morgan fingerprint density at radius 1 is 1.00 bits per heavy atom. The molecule has 0 bridgehead atoms. The van der Waals surface area contributed by atoms with E-state index in [9.17, 15) is 13.2 Å². The minimum Gasteiger partial charge on any atom is -0.497 e. The zero-order valence-corrected chi connectivity index (χ0v) is 16.1. The van der Waals surface area contributed by atoms with Crippen molar-refractivity contribution in [3.63, 3.8) is 0 Å². The summed E-state index contributed by atoms with van der Waals surface area (Å²) < 4.78 is 29.9. The second kappa shape index (κ2) is 6.56. The van der Waals surface area contributed by atoms with Crippen LogP contribution in [0.1, 0.15) is 12.5 Å². The molecule has 6 nitrogen and oxygen atoms in total. The fourth-order valence-corrected chi connectivity index (χ4v) is 5.99. The summed E-state index contributed by atoms with van der Waals surface area (Å²) in [6, 6.07) is 13.9. The topological polar surface area (TPSA) is 66.9 Å². The molecule has 0 spiro atoms. The SMILES string of the molecule is CCc1ccccc1N1C(=O)N(c2ccc(OC)cc2)C2CS(=O)(=O)CC21. The Bertz CT molecular complexity index is 972. The van der Waals surface area contributed by atoms with Crippen LogP contribution in [-0.2, 0) is 16.3 Å². The lowest BCUT2D eigenvalue weighted by molar-refractivity contribution is 0.255. The van der Waals surface area contributed by atoms with Crippen LogP contribution >= 0.6 is 0 Å². The molecule has 0 N–H and O–H groups in total. The summed E-state index contributed by atoms with van der Waals surface area (Å²) >= 11 is 0. The molecular formula is C20H22N2O4S. The van der Waals surface area contributed by atoms with Crippen molar-refractivity contribution in [2.45, 2.75) is 25.4 Å². The van der Waals surface area contributed by atoms with Gasteiger partial charge in [0.2, 0.25) is 0 Å². The molecule has 2 aromatic carbocycles. The van der Waals surface area contributed by atoms with Crippen LogP contribution in [0.3, 0.4) is 0 Å². The molecular weight excluding hydrogens is 364 g/mol. The number of para-hydroxylation sites is 1. The van der Waals surface area contributed by atoms with Crippen molar-refractivity contribution < 1.29 is 17.9 Å². The Kier molecular flexibility index (Phi) is 4.34. The second-order valence-electron chi connectivity index (χ2n) is 6.91. The first-order chi connectivity index (χ1) is 12.9. The molecule has 2 unspecified atom stereocenters. The third-order valence-corrected chi connectivity index (χ3v) is 7.05. The van der Waals surface area contributed by atoms with Gasteiger partial charge in [-0.1, -0.05) is 25.1 Å². The fraction of sp³-hybridized carbons (Fsp3) is 0.350. The Labute approximate surface area is 159 Å². The highest BCUT2D eigenvalue weighted by molar-refractivity contribution is 7.91. The Balaban J connectivity index is 1.80. The van der Waals surface area contributed by atoms with Gasteiger partial charge in [0, 0.05) is 11.4 Å². The molecule has 2 aromatic rings. The zero-order chi connectivity index (χ0) is 19.2. The molecule has 2 fully saturated rings. The van der Waals surface area contributed by atoms with Crippen LogP contribution in [0.25, 0.3) is 0 Å². The number of ether oxygens (including phenoxy) is 1. The highest BCUT2D eigenvalue weighted by Gasteiger charge is 2.54. The highest BCUT2D eigenvalue weighted by Crippen LogP contribution is 2.39. The summed E-state index contributed by atoms with van der Waals surface area (Å²) in [6.45, 7) is 2.03. The average Bonchev–Trinajstić information content (AvgIpc) is 3.10. The molecule has 4 rings (SSSR count). The minimum atomic E-state index is -3.20. The first-order valence-corrected chi connectivity index (χ1v) is 10.8. The van der Waals surface area contributed by atoms with E-state index in [-0.39, 0.29) is 29.6 Å². The van der Waals surface area contributed by atoms with Gasteiger partial charge in [-0.2, -0.15) is 0 Å². The molecule has 0 radical (unpaired) electrons. The molecule has 27 heavy (non-hydrogen) atoms. The van der Waals surface area contributed by atoms with E-state index in [2.05, 4.69) is 0 Å². The van der Waals surface area contributed by atoms with E-state index in [4.69, 9.17) is 4.74 Å². The monoisotopic (exact) mass is 386 g/mol. The van der Waals surface area contributed by atoms with E-state index in [0.717, 1.165) is 17.7 Å². The van der Waals surface area contributed by atoms with Gasteiger partial charge in [-0.15, -0.1) is 0 Å². The molecule has 0 aliphatic carbocycles. The molecule has 2 amide bonds. The van der Waals surface area contributed by atoms with Crippen LogP contribution in [0.4, 0.5) is 16.2 Å². The van der Waals surface area contributed by atoms with Gasteiger partial charge in [0.05, 0.1) is 30.7 Å². The Morgan fingerprint density at radius 2 is 1.63 bits per heavy atom. The standard InChI is InChI=1S/C20H22N2O4S/c1-3-14-6-4-5-7-17(14)22-19-13-27(24,25)12-18(19)21(20(22)23)15-8-10-16(26-2)11-9-15/h4-11,18-19H,3,12-13H2,1-2H3. The van der Waals surface area contributed by atoms with E-state index in [1.54, 1.807) is 41.2 Å². The number of fused-ring (bicyclic) bond motifs is 1. The number of benzene rings is 2. The summed E-state index contributed by atoms with van der Waals surface area (Å²) in [5.74, 6) is 0.670.